The Hall–Kier alpha value is -1.95. The van der Waals surface area contributed by atoms with Gasteiger partial charge >= 0.3 is 0 Å². The summed E-state index contributed by atoms with van der Waals surface area (Å²) >= 11 is 0. The average molecular weight is 263 g/mol. The van der Waals surface area contributed by atoms with Crippen molar-refractivity contribution in [2.24, 2.45) is 0 Å². The Kier molecular flexibility index (Phi) is 3.41. The van der Waals surface area contributed by atoms with Gasteiger partial charge in [0.2, 0.25) is 0 Å². The maximum Gasteiger partial charge on any atom is 0.171 e. The average Bonchev–Trinajstić information content (AvgIpc) is 2.66. The van der Waals surface area contributed by atoms with Gasteiger partial charge in [0.25, 0.3) is 0 Å². The van der Waals surface area contributed by atoms with Crippen molar-refractivity contribution in [1.82, 2.24) is 14.8 Å². The number of aromatic nitrogens is 3. The van der Waals surface area contributed by atoms with Gasteiger partial charge < -0.3 is 14.0 Å². The first-order chi connectivity index (χ1) is 9.33. The minimum Gasteiger partial charge on any atom is -0.486 e. The Morgan fingerprint density at radius 1 is 1.21 bits per heavy atom. The van der Waals surface area contributed by atoms with E-state index < -0.39 is 0 Å². The van der Waals surface area contributed by atoms with Crippen molar-refractivity contribution >= 4 is 0 Å². The monoisotopic (exact) mass is 263 g/mol. The first kappa shape index (κ1) is 12.1. The van der Waals surface area contributed by atoms with Crippen LogP contribution in [0, 0.1) is 5.82 Å². The van der Waals surface area contributed by atoms with Gasteiger partial charge in [-0.2, -0.15) is 0 Å². The Morgan fingerprint density at radius 3 is 2.89 bits per heavy atom. The summed E-state index contributed by atoms with van der Waals surface area (Å²) in [7, 11) is 0. The molecule has 0 fully saturated rings. The number of hydrogen-bond acceptors (Lipinski definition) is 4. The molecule has 2 aromatic rings. The number of rotatable bonds is 3. The molecule has 5 nitrogen and oxygen atoms in total. The van der Waals surface area contributed by atoms with Gasteiger partial charge in [-0.15, -0.1) is 10.2 Å². The van der Waals surface area contributed by atoms with Crippen LogP contribution in [0.4, 0.5) is 4.39 Å². The quantitative estimate of drug-likeness (QED) is 0.843. The smallest absolute Gasteiger partial charge is 0.171 e. The van der Waals surface area contributed by atoms with Crippen LogP contribution in [0.3, 0.4) is 0 Å². The van der Waals surface area contributed by atoms with E-state index in [1.165, 1.54) is 12.1 Å². The fraction of sp³-hybridized carbons (Fsp3) is 0.385. The molecule has 0 unspecified atom stereocenters. The number of hydrogen-bond donors (Lipinski definition) is 0. The fourth-order valence-electron chi connectivity index (χ4n) is 2.02. The zero-order valence-corrected chi connectivity index (χ0v) is 10.4. The molecule has 2 heterocycles. The third-order valence-corrected chi connectivity index (χ3v) is 3.01. The summed E-state index contributed by atoms with van der Waals surface area (Å²) in [6, 6.07) is 5.93. The lowest BCUT2D eigenvalue weighted by atomic mass is 10.3. The Labute approximate surface area is 110 Å². The molecular weight excluding hydrogens is 249 g/mol. The van der Waals surface area contributed by atoms with E-state index in [0.29, 0.717) is 25.6 Å². The van der Waals surface area contributed by atoms with Crippen molar-refractivity contribution in [3.8, 4) is 5.75 Å². The van der Waals surface area contributed by atoms with Gasteiger partial charge in [0.05, 0.1) is 13.2 Å². The third kappa shape index (κ3) is 2.73. The van der Waals surface area contributed by atoms with E-state index in [2.05, 4.69) is 10.2 Å². The van der Waals surface area contributed by atoms with Gasteiger partial charge in [0, 0.05) is 13.0 Å². The van der Waals surface area contributed by atoms with Gasteiger partial charge in [-0.25, -0.2) is 4.39 Å². The SMILES string of the molecule is Fc1ccc(OCc2nnc3n2CCOCC3)cc1. The standard InChI is InChI=1S/C13H14FN3O2/c14-10-1-3-11(4-2-10)19-9-13-16-15-12-5-7-18-8-6-17(12)13/h1-4H,5-9H2. The predicted molar refractivity (Wildman–Crippen MR) is 65.3 cm³/mol. The summed E-state index contributed by atoms with van der Waals surface area (Å²) in [5, 5.41) is 8.27. The predicted octanol–water partition coefficient (Wildman–Crippen LogP) is 1.57. The normalized spacial score (nSPS) is 14.8. The van der Waals surface area contributed by atoms with Crippen LogP contribution in [0.2, 0.25) is 0 Å². The summed E-state index contributed by atoms with van der Waals surface area (Å²) in [6.07, 6.45) is 0.767. The van der Waals surface area contributed by atoms with E-state index >= 15 is 0 Å². The highest BCUT2D eigenvalue weighted by Crippen LogP contribution is 2.14. The maximum atomic E-state index is 12.8. The Balaban J connectivity index is 1.70. The molecule has 1 aliphatic rings. The topological polar surface area (TPSA) is 49.2 Å². The highest BCUT2D eigenvalue weighted by atomic mass is 19.1. The van der Waals surface area contributed by atoms with Crippen molar-refractivity contribution in [2.45, 2.75) is 19.6 Å². The van der Waals surface area contributed by atoms with Crippen LogP contribution >= 0.6 is 0 Å². The summed E-state index contributed by atoms with van der Waals surface area (Å²) in [5.41, 5.74) is 0. The highest BCUT2D eigenvalue weighted by Gasteiger charge is 2.15. The van der Waals surface area contributed by atoms with Crippen molar-refractivity contribution < 1.29 is 13.9 Å². The van der Waals surface area contributed by atoms with Gasteiger partial charge in [-0.1, -0.05) is 0 Å². The molecular formula is C13H14FN3O2. The molecule has 0 N–H and O–H groups in total. The summed E-state index contributed by atoms with van der Waals surface area (Å²) in [5.74, 6) is 2.03. The van der Waals surface area contributed by atoms with Crippen LogP contribution in [-0.4, -0.2) is 28.0 Å². The van der Waals surface area contributed by atoms with Gasteiger partial charge in [0.15, 0.2) is 5.82 Å². The van der Waals surface area contributed by atoms with Crippen LogP contribution in [-0.2, 0) is 24.3 Å². The summed E-state index contributed by atoms with van der Waals surface area (Å²) < 4.78 is 25.8. The Morgan fingerprint density at radius 2 is 2.05 bits per heavy atom. The minimum atomic E-state index is -0.277. The van der Waals surface area contributed by atoms with E-state index in [1.54, 1.807) is 12.1 Å². The zero-order chi connectivity index (χ0) is 13.1. The molecule has 1 aromatic heterocycles. The third-order valence-electron chi connectivity index (χ3n) is 3.01. The number of ether oxygens (including phenoxy) is 2. The van der Waals surface area contributed by atoms with E-state index in [-0.39, 0.29) is 5.82 Å². The number of benzene rings is 1. The van der Waals surface area contributed by atoms with E-state index in [0.717, 1.165) is 24.6 Å². The molecule has 0 aliphatic carbocycles. The largest absolute Gasteiger partial charge is 0.486 e. The maximum absolute atomic E-state index is 12.8. The van der Waals surface area contributed by atoms with Gasteiger partial charge in [-0.05, 0) is 24.3 Å². The van der Waals surface area contributed by atoms with E-state index in [1.807, 2.05) is 4.57 Å². The lowest BCUT2D eigenvalue weighted by Crippen LogP contribution is -2.10. The molecule has 0 amide bonds. The summed E-state index contributed by atoms with van der Waals surface area (Å²) in [6.45, 7) is 2.40. The lowest BCUT2D eigenvalue weighted by molar-refractivity contribution is 0.139. The van der Waals surface area contributed by atoms with Crippen molar-refractivity contribution in [3.63, 3.8) is 0 Å². The Bertz CT molecular complexity index is 554. The van der Waals surface area contributed by atoms with Crippen LogP contribution in [0.1, 0.15) is 11.6 Å². The first-order valence-corrected chi connectivity index (χ1v) is 6.20. The molecule has 100 valence electrons. The van der Waals surface area contributed by atoms with Crippen LogP contribution in [0.15, 0.2) is 24.3 Å². The van der Waals surface area contributed by atoms with Gasteiger partial charge in [-0.3, -0.25) is 0 Å². The second-order valence-electron chi connectivity index (χ2n) is 4.29. The molecule has 0 bridgehead atoms. The molecule has 6 heteroatoms. The first-order valence-electron chi connectivity index (χ1n) is 6.20. The molecule has 3 rings (SSSR count). The molecule has 1 aliphatic heterocycles. The second-order valence-corrected chi connectivity index (χ2v) is 4.29. The van der Waals surface area contributed by atoms with Crippen molar-refractivity contribution in [2.75, 3.05) is 13.2 Å². The van der Waals surface area contributed by atoms with Crippen LogP contribution < -0.4 is 4.74 Å². The van der Waals surface area contributed by atoms with Crippen molar-refractivity contribution in [3.05, 3.63) is 41.7 Å². The molecule has 0 atom stereocenters. The zero-order valence-electron chi connectivity index (χ0n) is 10.4. The molecule has 1 aromatic carbocycles. The van der Waals surface area contributed by atoms with Crippen molar-refractivity contribution in [1.29, 1.82) is 0 Å². The number of nitrogens with zero attached hydrogens (tertiary/aromatic N) is 3. The van der Waals surface area contributed by atoms with Gasteiger partial charge in [0.1, 0.15) is 24.0 Å². The molecule has 0 spiro atoms. The number of halogens is 1. The fourth-order valence-corrected chi connectivity index (χ4v) is 2.02. The molecule has 0 saturated heterocycles. The highest BCUT2D eigenvalue weighted by molar-refractivity contribution is 5.22. The van der Waals surface area contributed by atoms with E-state index in [9.17, 15) is 4.39 Å². The van der Waals surface area contributed by atoms with Crippen LogP contribution in [0.5, 0.6) is 5.75 Å². The van der Waals surface area contributed by atoms with E-state index in [4.69, 9.17) is 9.47 Å². The molecule has 19 heavy (non-hydrogen) atoms. The lowest BCUT2D eigenvalue weighted by Gasteiger charge is -2.08. The molecule has 0 saturated carbocycles. The second kappa shape index (κ2) is 5.36. The molecule has 0 radical (unpaired) electrons. The summed E-state index contributed by atoms with van der Waals surface area (Å²) in [4.78, 5) is 0. The van der Waals surface area contributed by atoms with Crippen LogP contribution in [0.25, 0.3) is 0 Å². The number of fused-ring (bicyclic) bond motifs is 1. The minimum absolute atomic E-state index is 0.277.